The van der Waals surface area contributed by atoms with Crippen molar-refractivity contribution in [3.8, 4) is 5.75 Å². The highest BCUT2D eigenvalue weighted by molar-refractivity contribution is 6.30. The predicted octanol–water partition coefficient (Wildman–Crippen LogP) is 5.28. The molecule has 5 rings (SSSR count). The van der Waals surface area contributed by atoms with Gasteiger partial charge in [-0.2, -0.15) is 0 Å². The van der Waals surface area contributed by atoms with Crippen molar-refractivity contribution in [1.29, 1.82) is 0 Å². The van der Waals surface area contributed by atoms with Crippen LogP contribution in [0.3, 0.4) is 0 Å². The molecule has 0 radical (unpaired) electrons. The molecule has 1 saturated heterocycles. The maximum Gasteiger partial charge on any atom is 0.129 e. The van der Waals surface area contributed by atoms with Gasteiger partial charge in [0, 0.05) is 5.02 Å². The van der Waals surface area contributed by atoms with Crippen LogP contribution in [0.4, 0.5) is 0 Å². The largest absolute Gasteiger partial charge is 0.497 e. The number of nitrogens with zero attached hydrogens (tertiary/aromatic N) is 2. The SMILES string of the molecule is COc1ccc(C2=N[C@H](c3ccc(Cl)cc3)N3[C@H](c4ccccc4)[C@H]23)cc1. The Balaban J connectivity index is 1.54. The summed E-state index contributed by atoms with van der Waals surface area (Å²) in [7, 11) is 1.69. The van der Waals surface area contributed by atoms with Crippen molar-refractivity contribution in [2.45, 2.75) is 18.2 Å². The third-order valence-corrected chi connectivity index (χ3v) is 5.62. The van der Waals surface area contributed by atoms with Gasteiger partial charge in [0.05, 0.1) is 24.9 Å². The number of hydrogen-bond donors (Lipinski definition) is 0. The first kappa shape index (κ1) is 16.5. The quantitative estimate of drug-likeness (QED) is 0.580. The van der Waals surface area contributed by atoms with Gasteiger partial charge in [-0.3, -0.25) is 9.89 Å². The molecule has 2 aliphatic rings. The van der Waals surface area contributed by atoms with Crippen molar-refractivity contribution in [2.75, 3.05) is 7.11 Å². The maximum absolute atomic E-state index is 6.08. The van der Waals surface area contributed by atoms with Crippen LogP contribution < -0.4 is 4.74 Å². The first-order valence-corrected chi connectivity index (χ1v) is 9.44. The van der Waals surface area contributed by atoms with E-state index in [1.807, 2.05) is 24.3 Å². The summed E-state index contributed by atoms with van der Waals surface area (Å²) in [6.07, 6.45) is 0.0228. The summed E-state index contributed by atoms with van der Waals surface area (Å²) in [5.41, 5.74) is 4.81. The van der Waals surface area contributed by atoms with E-state index in [0.717, 1.165) is 22.0 Å². The highest BCUT2D eigenvalue weighted by atomic mass is 35.5. The monoisotopic (exact) mass is 374 g/mol. The second kappa shape index (κ2) is 6.52. The third-order valence-electron chi connectivity index (χ3n) is 5.37. The zero-order valence-electron chi connectivity index (χ0n) is 14.9. The number of hydrogen-bond acceptors (Lipinski definition) is 3. The van der Waals surface area contributed by atoms with Crippen LogP contribution >= 0.6 is 11.6 Å². The Bertz CT molecular complexity index is 983. The number of aliphatic imine (C=N–C) groups is 1. The molecule has 2 aliphatic heterocycles. The first-order valence-electron chi connectivity index (χ1n) is 9.06. The molecule has 1 fully saturated rings. The van der Waals surface area contributed by atoms with E-state index in [0.29, 0.717) is 12.1 Å². The lowest BCUT2D eigenvalue weighted by atomic mass is 10.0. The molecule has 1 unspecified atom stereocenters. The van der Waals surface area contributed by atoms with Crippen molar-refractivity contribution >= 4 is 17.3 Å². The summed E-state index contributed by atoms with van der Waals surface area (Å²) in [4.78, 5) is 7.55. The number of fused-ring (bicyclic) bond motifs is 1. The van der Waals surface area contributed by atoms with Crippen LogP contribution in [0.25, 0.3) is 0 Å². The molecule has 3 aromatic carbocycles. The minimum atomic E-state index is 0.0228. The lowest BCUT2D eigenvalue weighted by molar-refractivity contribution is 0.404. The Kier molecular flexibility index (Phi) is 4.00. The van der Waals surface area contributed by atoms with Gasteiger partial charge in [-0.1, -0.05) is 54.1 Å². The molecule has 3 nitrogen and oxygen atoms in total. The molecule has 134 valence electrons. The topological polar surface area (TPSA) is 24.6 Å². The van der Waals surface area contributed by atoms with Crippen LogP contribution in [0.5, 0.6) is 5.75 Å². The van der Waals surface area contributed by atoms with Crippen LogP contribution in [0.2, 0.25) is 5.02 Å². The normalized spacial score (nSPS) is 25.6. The van der Waals surface area contributed by atoms with Gasteiger partial charge in [-0.25, -0.2) is 0 Å². The summed E-state index contributed by atoms with van der Waals surface area (Å²) < 4.78 is 5.30. The van der Waals surface area contributed by atoms with E-state index < -0.39 is 0 Å². The number of halogens is 1. The Morgan fingerprint density at radius 2 is 1.52 bits per heavy atom. The molecule has 0 aromatic heterocycles. The lowest BCUT2D eigenvalue weighted by Crippen LogP contribution is -2.08. The van der Waals surface area contributed by atoms with Crippen LogP contribution in [0.1, 0.15) is 28.9 Å². The second-order valence-electron chi connectivity index (χ2n) is 6.92. The van der Waals surface area contributed by atoms with Crippen LogP contribution in [0.15, 0.2) is 83.9 Å². The molecule has 4 atom stereocenters. The molecule has 2 heterocycles. The van der Waals surface area contributed by atoms with Crippen molar-refractivity contribution < 1.29 is 4.74 Å². The number of methoxy groups -OCH3 is 1. The average molecular weight is 375 g/mol. The van der Waals surface area contributed by atoms with Crippen LogP contribution in [-0.4, -0.2) is 23.8 Å². The van der Waals surface area contributed by atoms with Gasteiger partial charge in [0.25, 0.3) is 0 Å². The van der Waals surface area contributed by atoms with Gasteiger partial charge >= 0.3 is 0 Å². The minimum absolute atomic E-state index is 0.0228. The third kappa shape index (κ3) is 2.84. The van der Waals surface area contributed by atoms with E-state index in [9.17, 15) is 0 Å². The Morgan fingerprint density at radius 3 is 2.19 bits per heavy atom. The predicted molar refractivity (Wildman–Crippen MR) is 109 cm³/mol. The molecule has 0 amide bonds. The van der Waals surface area contributed by atoms with Gasteiger partial charge in [0.2, 0.25) is 0 Å². The second-order valence-corrected chi connectivity index (χ2v) is 7.35. The van der Waals surface area contributed by atoms with Gasteiger partial charge in [0.15, 0.2) is 0 Å². The Labute approximate surface area is 163 Å². The smallest absolute Gasteiger partial charge is 0.129 e. The van der Waals surface area contributed by atoms with E-state index in [1.165, 1.54) is 11.1 Å². The first-order chi connectivity index (χ1) is 13.3. The minimum Gasteiger partial charge on any atom is -0.497 e. The summed E-state index contributed by atoms with van der Waals surface area (Å²) in [5, 5.41) is 0.748. The number of benzene rings is 3. The van der Waals surface area contributed by atoms with E-state index in [2.05, 4.69) is 59.5 Å². The molecule has 27 heavy (non-hydrogen) atoms. The van der Waals surface area contributed by atoms with Gasteiger partial charge in [-0.05, 0) is 53.1 Å². The van der Waals surface area contributed by atoms with Crippen molar-refractivity contribution in [2.24, 2.45) is 4.99 Å². The van der Waals surface area contributed by atoms with E-state index in [1.54, 1.807) is 7.11 Å². The Hall–Kier alpha value is -2.62. The molecular weight excluding hydrogens is 356 g/mol. The van der Waals surface area contributed by atoms with E-state index in [4.69, 9.17) is 21.3 Å². The average Bonchev–Trinajstić information content (AvgIpc) is 3.34. The zero-order valence-corrected chi connectivity index (χ0v) is 15.7. The fourth-order valence-corrected chi connectivity index (χ4v) is 4.14. The van der Waals surface area contributed by atoms with Gasteiger partial charge in [-0.15, -0.1) is 0 Å². The molecule has 3 aromatic rings. The molecule has 0 aliphatic carbocycles. The lowest BCUT2D eigenvalue weighted by Gasteiger charge is -2.14. The highest BCUT2D eigenvalue weighted by Crippen LogP contribution is 2.55. The maximum atomic E-state index is 6.08. The summed E-state index contributed by atoms with van der Waals surface area (Å²) in [6.45, 7) is 0. The molecule has 0 spiro atoms. The van der Waals surface area contributed by atoms with Gasteiger partial charge in [0.1, 0.15) is 11.9 Å². The van der Waals surface area contributed by atoms with E-state index >= 15 is 0 Å². The van der Waals surface area contributed by atoms with Crippen molar-refractivity contribution in [1.82, 2.24) is 4.90 Å². The van der Waals surface area contributed by atoms with E-state index in [-0.39, 0.29) is 6.17 Å². The molecule has 0 bridgehead atoms. The molecule has 0 saturated carbocycles. The standard InChI is InChI=1S/C23H19ClN2O/c1-27-19-13-9-15(10-14-19)20-22-21(16-5-3-2-4-6-16)26(22)23(25-20)17-7-11-18(24)12-8-17/h2-14,21-23H,1H3/t21-,22+,23+,26?/m1/s1. The number of ether oxygens (including phenoxy) is 1. The zero-order chi connectivity index (χ0) is 18.4. The Morgan fingerprint density at radius 1 is 0.815 bits per heavy atom. The summed E-state index contributed by atoms with van der Waals surface area (Å²) in [6, 6.07) is 27.6. The van der Waals surface area contributed by atoms with Crippen molar-refractivity contribution in [3.05, 3.63) is 101 Å². The summed E-state index contributed by atoms with van der Waals surface area (Å²) >= 11 is 6.08. The fourth-order valence-electron chi connectivity index (χ4n) is 4.01. The summed E-state index contributed by atoms with van der Waals surface area (Å²) in [5.74, 6) is 0.860. The van der Waals surface area contributed by atoms with Crippen LogP contribution in [0, 0.1) is 0 Å². The van der Waals surface area contributed by atoms with Crippen LogP contribution in [-0.2, 0) is 0 Å². The van der Waals surface area contributed by atoms with Crippen molar-refractivity contribution in [3.63, 3.8) is 0 Å². The molecule has 4 heteroatoms. The highest BCUT2D eigenvalue weighted by Gasteiger charge is 2.59. The number of rotatable bonds is 4. The van der Waals surface area contributed by atoms with Gasteiger partial charge < -0.3 is 4.74 Å². The fraction of sp³-hybridized carbons (Fsp3) is 0.174. The molecular formula is C23H19ClN2O. The molecule has 0 N–H and O–H groups in total.